The molecule has 2 aliphatic rings. The average Bonchev–Trinajstić information content (AvgIpc) is 2.74. The van der Waals surface area contributed by atoms with Crippen LogP contribution >= 0.6 is 0 Å². The van der Waals surface area contributed by atoms with Gasteiger partial charge >= 0.3 is 0 Å². The molecule has 0 aromatic heterocycles. The predicted octanol–water partition coefficient (Wildman–Crippen LogP) is 2.86. The van der Waals surface area contributed by atoms with Crippen molar-refractivity contribution < 1.29 is 9.47 Å². The Morgan fingerprint density at radius 3 is 2.53 bits per heavy atom. The number of rotatable bonds is 2. The van der Waals surface area contributed by atoms with Crippen molar-refractivity contribution in [3.8, 4) is 17.6 Å². The van der Waals surface area contributed by atoms with Gasteiger partial charge in [0.15, 0.2) is 11.5 Å². The van der Waals surface area contributed by atoms with Gasteiger partial charge in [-0.2, -0.15) is 5.26 Å². The van der Waals surface area contributed by atoms with Crippen molar-refractivity contribution in [3.05, 3.63) is 23.8 Å². The summed E-state index contributed by atoms with van der Waals surface area (Å²) in [6.45, 7) is 2.29. The van der Waals surface area contributed by atoms with E-state index in [4.69, 9.17) is 9.47 Å². The van der Waals surface area contributed by atoms with E-state index in [1.807, 2.05) is 18.2 Å². The van der Waals surface area contributed by atoms with E-state index in [-0.39, 0.29) is 12.8 Å². The Morgan fingerprint density at radius 2 is 1.79 bits per heavy atom. The zero-order chi connectivity index (χ0) is 13.1. The van der Waals surface area contributed by atoms with E-state index in [2.05, 4.69) is 11.0 Å². The lowest BCUT2D eigenvalue weighted by Gasteiger charge is -2.25. The Labute approximate surface area is 113 Å². The number of ether oxygens (including phenoxy) is 2. The standard InChI is InChI=1S/C15H18N2O2/c16-10-13(17-7-3-1-2-4-8-17)12-5-6-14-15(9-12)19-11-18-14/h5-6,9,13H,1-4,7-8,11H2. The Balaban J connectivity index is 1.83. The van der Waals surface area contributed by atoms with Gasteiger partial charge in [-0.15, -0.1) is 0 Å². The number of fused-ring (bicyclic) bond motifs is 1. The molecule has 1 saturated heterocycles. The topological polar surface area (TPSA) is 45.5 Å². The van der Waals surface area contributed by atoms with E-state index < -0.39 is 0 Å². The highest BCUT2D eigenvalue weighted by molar-refractivity contribution is 5.46. The van der Waals surface area contributed by atoms with Crippen LogP contribution in [0.25, 0.3) is 0 Å². The predicted molar refractivity (Wildman–Crippen MR) is 71.0 cm³/mol. The first-order valence-corrected chi connectivity index (χ1v) is 6.92. The molecule has 0 saturated carbocycles. The highest BCUT2D eigenvalue weighted by atomic mass is 16.7. The van der Waals surface area contributed by atoms with Crippen molar-refractivity contribution in [1.82, 2.24) is 4.90 Å². The molecule has 3 rings (SSSR count). The van der Waals surface area contributed by atoms with Gasteiger partial charge in [0.05, 0.1) is 6.07 Å². The van der Waals surface area contributed by atoms with Crippen LogP contribution in [-0.2, 0) is 0 Å². The van der Waals surface area contributed by atoms with Gasteiger partial charge in [-0.05, 0) is 43.6 Å². The van der Waals surface area contributed by atoms with E-state index in [0.29, 0.717) is 0 Å². The van der Waals surface area contributed by atoms with Crippen molar-refractivity contribution in [1.29, 1.82) is 5.26 Å². The molecular formula is C15H18N2O2. The summed E-state index contributed by atoms with van der Waals surface area (Å²) in [5, 5.41) is 9.51. The largest absolute Gasteiger partial charge is 0.454 e. The second-order valence-electron chi connectivity index (χ2n) is 5.09. The van der Waals surface area contributed by atoms with Crippen LogP contribution < -0.4 is 9.47 Å². The van der Waals surface area contributed by atoms with Crippen LogP contribution in [-0.4, -0.2) is 24.8 Å². The molecular weight excluding hydrogens is 240 g/mol. The highest BCUT2D eigenvalue weighted by Crippen LogP contribution is 2.35. The van der Waals surface area contributed by atoms with Gasteiger partial charge in [-0.3, -0.25) is 4.90 Å². The summed E-state index contributed by atoms with van der Waals surface area (Å²) < 4.78 is 10.7. The van der Waals surface area contributed by atoms with E-state index in [1.54, 1.807) is 0 Å². The normalized spacial score (nSPS) is 20.6. The Kier molecular flexibility index (Phi) is 3.56. The van der Waals surface area contributed by atoms with Crippen molar-refractivity contribution in [2.75, 3.05) is 19.9 Å². The molecule has 4 heteroatoms. The summed E-state index contributed by atoms with van der Waals surface area (Å²) in [6, 6.07) is 8.09. The zero-order valence-electron chi connectivity index (χ0n) is 11.0. The number of likely N-dealkylation sites (tertiary alicyclic amines) is 1. The molecule has 2 heterocycles. The zero-order valence-corrected chi connectivity index (χ0v) is 11.0. The van der Waals surface area contributed by atoms with Crippen LogP contribution in [0.15, 0.2) is 18.2 Å². The molecule has 4 nitrogen and oxygen atoms in total. The van der Waals surface area contributed by atoms with Gasteiger partial charge in [0, 0.05) is 0 Å². The van der Waals surface area contributed by atoms with E-state index in [9.17, 15) is 5.26 Å². The molecule has 19 heavy (non-hydrogen) atoms. The third-order valence-electron chi connectivity index (χ3n) is 3.84. The Hall–Kier alpha value is -1.73. The number of nitriles is 1. The van der Waals surface area contributed by atoms with Gasteiger partial charge in [0.1, 0.15) is 6.04 Å². The van der Waals surface area contributed by atoms with Gasteiger partial charge < -0.3 is 9.47 Å². The van der Waals surface area contributed by atoms with Gasteiger partial charge in [0.25, 0.3) is 0 Å². The number of hydrogen-bond acceptors (Lipinski definition) is 4. The van der Waals surface area contributed by atoms with Crippen LogP contribution in [0.5, 0.6) is 11.5 Å². The lowest BCUT2D eigenvalue weighted by molar-refractivity contribution is 0.174. The number of hydrogen-bond donors (Lipinski definition) is 0. The van der Waals surface area contributed by atoms with Crippen LogP contribution in [0, 0.1) is 11.3 Å². The van der Waals surface area contributed by atoms with Gasteiger partial charge in [-0.25, -0.2) is 0 Å². The quantitative estimate of drug-likeness (QED) is 0.818. The third kappa shape index (κ3) is 2.52. The van der Waals surface area contributed by atoms with Gasteiger partial charge in [-0.1, -0.05) is 18.9 Å². The first-order valence-electron chi connectivity index (χ1n) is 6.92. The highest BCUT2D eigenvalue weighted by Gasteiger charge is 2.23. The lowest BCUT2D eigenvalue weighted by Crippen LogP contribution is -2.28. The molecule has 0 N–H and O–H groups in total. The molecule has 0 amide bonds. The molecule has 1 aromatic rings. The molecule has 1 atom stereocenters. The third-order valence-corrected chi connectivity index (χ3v) is 3.84. The number of nitrogens with zero attached hydrogens (tertiary/aromatic N) is 2. The van der Waals surface area contributed by atoms with Crippen molar-refractivity contribution in [2.24, 2.45) is 0 Å². The molecule has 1 unspecified atom stereocenters. The SMILES string of the molecule is N#CC(c1ccc2c(c1)OCO2)N1CCCCCC1. The summed E-state index contributed by atoms with van der Waals surface area (Å²) in [7, 11) is 0. The monoisotopic (exact) mass is 258 g/mol. The van der Waals surface area contributed by atoms with Crippen molar-refractivity contribution in [3.63, 3.8) is 0 Å². The van der Waals surface area contributed by atoms with E-state index >= 15 is 0 Å². The maximum atomic E-state index is 9.51. The first-order chi connectivity index (χ1) is 9.38. The molecule has 100 valence electrons. The van der Waals surface area contributed by atoms with Crippen LogP contribution in [0.2, 0.25) is 0 Å². The summed E-state index contributed by atoms with van der Waals surface area (Å²) in [6.07, 6.45) is 4.91. The minimum absolute atomic E-state index is 0.174. The molecule has 2 aliphatic heterocycles. The fourth-order valence-electron chi connectivity index (χ4n) is 2.80. The molecule has 0 spiro atoms. The van der Waals surface area contributed by atoms with Crippen molar-refractivity contribution in [2.45, 2.75) is 31.7 Å². The summed E-state index contributed by atoms with van der Waals surface area (Å²) >= 11 is 0. The van der Waals surface area contributed by atoms with Crippen molar-refractivity contribution >= 4 is 0 Å². The first kappa shape index (κ1) is 12.3. The van der Waals surface area contributed by atoms with E-state index in [0.717, 1.165) is 30.2 Å². The fourth-order valence-corrected chi connectivity index (χ4v) is 2.80. The van der Waals surface area contributed by atoms with Crippen LogP contribution in [0.1, 0.15) is 37.3 Å². The Bertz CT molecular complexity index is 487. The molecule has 1 aromatic carbocycles. The second-order valence-corrected chi connectivity index (χ2v) is 5.09. The van der Waals surface area contributed by atoms with E-state index in [1.165, 1.54) is 25.7 Å². The summed E-state index contributed by atoms with van der Waals surface area (Å²) in [4.78, 5) is 2.28. The van der Waals surface area contributed by atoms with Crippen LogP contribution in [0.3, 0.4) is 0 Å². The minimum atomic E-state index is -0.174. The molecule has 0 aliphatic carbocycles. The second kappa shape index (κ2) is 5.50. The molecule has 0 bridgehead atoms. The average molecular weight is 258 g/mol. The van der Waals surface area contributed by atoms with Crippen LogP contribution in [0.4, 0.5) is 0 Å². The maximum absolute atomic E-state index is 9.51. The van der Waals surface area contributed by atoms with Gasteiger partial charge in [0.2, 0.25) is 6.79 Å². The maximum Gasteiger partial charge on any atom is 0.231 e. The summed E-state index contributed by atoms with van der Waals surface area (Å²) in [5.41, 5.74) is 1.01. The minimum Gasteiger partial charge on any atom is -0.454 e. The lowest BCUT2D eigenvalue weighted by atomic mass is 10.1. The molecule has 1 fully saturated rings. The Morgan fingerprint density at radius 1 is 1.05 bits per heavy atom. The smallest absolute Gasteiger partial charge is 0.231 e. The molecule has 0 radical (unpaired) electrons. The fraction of sp³-hybridized carbons (Fsp3) is 0.533. The summed E-state index contributed by atoms with van der Waals surface area (Å²) in [5.74, 6) is 1.53. The number of benzene rings is 1.